The Balaban J connectivity index is 2.27. The maximum Gasteiger partial charge on any atom is 0.306 e. The van der Waals surface area contributed by atoms with Crippen LogP contribution >= 0.6 is 0 Å². The molecule has 74 valence electrons. The Labute approximate surface area is 79.5 Å². The van der Waals surface area contributed by atoms with Crippen LogP contribution in [0.15, 0.2) is 18.2 Å². The molecule has 0 N–H and O–H groups in total. The summed E-state index contributed by atoms with van der Waals surface area (Å²) in [6, 6.07) is 3.17. The molecule has 0 bridgehead atoms. The molecule has 1 aromatic rings. The van der Waals surface area contributed by atoms with E-state index in [4.69, 9.17) is 4.74 Å². The SMILES string of the molecule is O=C1CCC(c2cc(F)cc(F)c2)O1. The fourth-order valence-corrected chi connectivity index (χ4v) is 1.52. The van der Waals surface area contributed by atoms with Gasteiger partial charge >= 0.3 is 5.97 Å². The summed E-state index contributed by atoms with van der Waals surface area (Å²) in [5.41, 5.74) is 0.383. The van der Waals surface area contributed by atoms with Crippen LogP contribution in [-0.2, 0) is 9.53 Å². The normalized spacial score (nSPS) is 21.0. The average Bonchev–Trinajstić information content (AvgIpc) is 2.50. The summed E-state index contributed by atoms with van der Waals surface area (Å²) in [6.07, 6.45) is 0.303. The minimum Gasteiger partial charge on any atom is -0.457 e. The molecule has 1 unspecified atom stereocenters. The maximum atomic E-state index is 12.8. The van der Waals surface area contributed by atoms with Crippen LogP contribution in [0.2, 0.25) is 0 Å². The van der Waals surface area contributed by atoms with Gasteiger partial charge in [-0.25, -0.2) is 8.78 Å². The van der Waals surface area contributed by atoms with Crippen molar-refractivity contribution in [1.82, 2.24) is 0 Å². The highest BCUT2D eigenvalue weighted by atomic mass is 19.1. The number of benzene rings is 1. The van der Waals surface area contributed by atoms with Crippen LogP contribution in [0.4, 0.5) is 8.78 Å². The lowest BCUT2D eigenvalue weighted by atomic mass is 10.1. The summed E-state index contributed by atoms with van der Waals surface area (Å²) in [6.45, 7) is 0. The average molecular weight is 198 g/mol. The molecule has 2 nitrogen and oxygen atoms in total. The third-order valence-electron chi connectivity index (χ3n) is 2.14. The fraction of sp³-hybridized carbons (Fsp3) is 0.300. The molecule has 1 saturated heterocycles. The van der Waals surface area contributed by atoms with Crippen molar-refractivity contribution in [2.45, 2.75) is 18.9 Å². The lowest BCUT2D eigenvalue weighted by Crippen LogP contribution is -1.99. The number of esters is 1. The third kappa shape index (κ3) is 1.73. The Kier molecular flexibility index (Phi) is 2.19. The standard InChI is InChI=1S/C10H8F2O2/c11-7-3-6(4-8(12)5-7)9-1-2-10(13)14-9/h3-5,9H,1-2H2. The topological polar surface area (TPSA) is 26.3 Å². The smallest absolute Gasteiger partial charge is 0.306 e. The summed E-state index contributed by atoms with van der Waals surface area (Å²) in [5.74, 6) is -1.62. The summed E-state index contributed by atoms with van der Waals surface area (Å²) in [7, 11) is 0. The Hall–Kier alpha value is -1.45. The van der Waals surface area contributed by atoms with E-state index < -0.39 is 17.7 Å². The highest BCUT2D eigenvalue weighted by Gasteiger charge is 2.25. The highest BCUT2D eigenvalue weighted by molar-refractivity contribution is 5.71. The van der Waals surface area contributed by atoms with Crippen LogP contribution in [0.3, 0.4) is 0 Å². The van der Waals surface area contributed by atoms with Gasteiger partial charge in [0.05, 0.1) is 0 Å². The Bertz CT molecular complexity index is 356. The van der Waals surface area contributed by atoms with Gasteiger partial charge < -0.3 is 4.74 Å². The van der Waals surface area contributed by atoms with Crippen LogP contribution in [-0.4, -0.2) is 5.97 Å². The first kappa shape index (κ1) is 9.12. The van der Waals surface area contributed by atoms with E-state index in [1.807, 2.05) is 0 Å². The minimum atomic E-state index is -0.650. The first-order valence-corrected chi connectivity index (χ1v) is 4.30. The zero-order valence-corrected chi connectivity index (χ0v) is 7.30. The van der Waals surface area contributed by atoms with Gasteiger partial charge in [-0.15, -0.1) is 0 Å². The van der Waals surface area contributed by atoms with Gasteiger partial charge in [-0.05, 0) is 24.1 Å². The number of ether oxygens (including phenoxy) is 1. The molecule has 1 atom stereocenters. The number of halogens is 2. The van der Waals surface area contributed by atoms with Gasteiger partial charge in [0.15, 0.2) is 0 Å². The zero-order chi connectivity index (χ0) is 10.1. The van der Waals surface area contributed by atoms with E-state index >= 15 is 0 Å². The minimum absolute atomic E-state index is 0.308. The van der Waals surface area contributed by atoms with E-state index in [9.17, 15) is 13.6 Å². The Morgan fingerprint density at radius 1 is 1.21 bits per heavy atom. The van der Waals surface area contributed by atoms with Crippen LogP contribution in [0.1, 0.15) is 24.5 Å². The molecule has 4 heteroatoms. The second-order valence-electron chi connectivity index (χ2n) is 3.22. The monoisotopic (exact) mass is 198 g/mol. The van der Waals surface area contributed by atoms with Gasteiger partial charge in [0.25, 0.3) is 0 Å². The van der Waals surface area contributed by atoms with Crippen molar-refractivity contribution in [3.63, 3.8) is 0 Å². The zero-order valence-electron chi connectivity index (χ0n) is 7.30. The van der Waals surface area contributed by atoms with Crippen molar-refractivity contribution in [2.75, 3.05) is 0 Å². The largest absolute Gasteiger partial charge is 0.457 e. The molecular formula is C10H8F2O2. The van der Waals surface area contributed by atoms with E-state index in [1.165, 1.54) is 12.1 Å². The molecule has 0 amide bonds. The molecule has 1 fully saturated rings. The number of carbonyl (C=O) groups excluding carboxylic acids is 1. The van der Waals surface area contributed by atoms with Gasteiger partial charge in [0.2, 0.25) is 0 Å². The van der Waals surface area contributed by atoms with Crippen LogP contribution in [0, 0.1) is 11.6 Å². The second kappa shape index (κ2) is 3.36. The van der Waals surface area contributed by atoms with E-state index in [1.54, 1.807) is 0 Å². The maximum absolute atomic E-state index is 12.8. The first-order valence-electron chi connectivity index (χ1n) is 4.30. The van der Waals surface area contributed by atoms with Gasteiger partial charge in [-0.2, -0.15) is 0 Å². The Morgan fingerprint density at radius 2 is 1.86 bits per heavy atom. The van der Waals surface area contributed by atoms with E-state index in [0.717, 1.165) is 6.07 Å². The van der Waals surface area contributed by atoms with Crippen LogP contribution in [0.5, 0.6) is 0 Å². The Morgan fingerprint density at radius 3 is 2.36 bits per heavy atom. The van der Waals surface area contributed by atoms with E-state index in [2.05, 4.69) is 0 Å². The molecule has 0 aromatic heterocycles. The van der Waals surface area contributed by atoms with Crippen molar-refractivity contribution in [3.8, 4) is 0 Å². The van der Waals surface area contributed by atoms with Crippen LogP contribution in [0.25, 0.3) is 0 Å². The third-order valence-corrected chi connectivity index (χ3v) is 2.14. The predicted octanol–water partition coefficient (Wildman–Crippen LogP) is 2.34. The van der Waals surface area contributed by atoms with Crippen molar-refractivity contribution < 1.29 is 18.3 Å². The van der Waals surface area contributed by atoms with Crippen molar-refractivity contribution in [2.24, 2.45) is 0 Å². The lowest BCUT2D eigenvalue weighted by Gasteiger charge is -2.09. The first-order chi connectivity index (χ1) is 6.65. The molecular weight excluding hydrogens is 190 g/mol. The van der Waals surface area contributed by atoms with Crippen molar-refractivity contribution in [3.05, 3.63) is 35.4 Å². The number of cyclic esters (lactones) is 1. The molecule has 0 radical (unpaired) electrons. The highest BCUT2D eigenvalue weighted by Crippen LogP contribution is 2.29. The van der Waals surface area contributed by atoms with Gasteiger partial charge in [-0.3, -0.25) is 4.79 Å². The van der Waals surface area contributed by atoms with E-state index in [-0.39, 0.29) is 5.97 Å². The summed E-state index contributed by atoms with van der Waals surface area (Å²) >= 11 is 0. The summed E-state index contributed by atoms with van der Waals surface area (Å²) in [4.78, 5) is 10.8. The fourth-order valence-electron chi connectivity index (χ4n) is 1.52. The number of rotatable bonds is 1. The predicted molar refractivity (Wildman–Crippen MR) is 44.4 cm³/mol. The molecule has 1 aromatic carbocycles. The second-order valence-corrected chi connectivity index (χ2v) is 3.22. The molecule has 0 aliphatic carbocycles. The molecule has 2 rings (SSSR count). The lowest BCUT2D eigenvalue weighted by molar-refractivity contribution is -0.141. The number of hydrogen-bond donors (Lipinski definition) is 0. The van der Waals surface area contributed by atoms with Gasteiger partial charge in [-0.1, -0.05) is 0 Å². The summed E-state index contributed by atoms with van der Waals surface area (Å²) in [5, 5.41) is 0. The molecule has 1 heterocycles. The molecule has 1 aliphatic heterocycles. The molecule has 14 heavy (non-hydrogen) atoms. The van der Waals surface area contributed by atoms with Gasteiger partial charge in [0, 0.05) is 12.5 Å². The number of carbonyl (C=O) groups is 1. The molecule has 0 spiro atoms. The van der Waals surface area contributed by atoms with Crippen molar-refractivity contribution >= 4 is 5.97 Å². The van der Waals surface area contributed by atoms with E-state index in [0.29, 0.717) is 18.4 Å². The van der Waals surface area contributed by atoms with Crippen molar-refractivity contribution in [1.29, 1.82) is 0 Å². The summed E-state index contributed by atoms with van der Waals surface area (Å²) < 4.78 is 30.5. The molecule has 1 aliphatic rings. The van der Waals surface area contributed by atoms with Crippen LogP contribution < -0.4 is 0 Å². The van der Waals surface area contributed by atoms with Gasteiger partial charge in [0.1, 0.15) is 17.7 Å². The molecule has 0 saturated carbocycles. The number of hydrogen-bond acceptors (Lipinski definition) is 2. The quantitative estimate of drug-likeness (QED) is 0.647.